The standard InChI is InChI=1S/C27H36N4O6/c1-19-16-21(6-10-24(19)31(33)34)28-20-4-8-23(9-5-20)37-18-27(32)30-14-12-29(13-15-30)22-7-11-25(35-2)26(17-22)36-3/h6-7,10-11,16-17,20,23,28H,4-5,8-9,12-15,18H2,1-3H3. The number of rotatable bonds is 9. The van der Waals surface area contributed by atoms with Crippen molar-refractivity contribution in [2.24, 2.45) is 0 Å². The van der Waals surface area contributed by atoms with Crippen LogP contribution in [0.3, 0.4) is 0 Å². The summed E-state index contributed by atoms with van der Waals surface area (Å²) in [5.74, 6) is 1.43. The third kappa shape index (κ3) is 6.62. The Morgan fingerprint density at radius 1 is 1.00 bits per heavy atom. The van der Waals surface area contributed by atoms with Crippen LogP contribution in [0.5, 0.6) is 11.5 Å². The Morgan fingerprint density at radius 2 is 1.70 bits per heavy atom. The van der Waals surface area contributed by atoms with E-state index in [0.717, 1.165) is 50.1 Å². The van der Waals surface area contributed by atoms with E-state index in [1.54, 1.807) is 33.3 Å². The Morgan fingerprint density at radius 3 is 2.32 bits per heavy atom. The molecule has 4 rings (SSSR count). The molecule has 1 saturated heterocycles. The molecule has 2 aromatic carbocycles. The molecule has 2 aromatic rings. The van der Waals surface area contributed by atoms with Crippen molar-refractivity contribution in [3.8, 4) is 11.5 Å². The van der Waals surface area contributed by atoms with Crippen LogP contribution in [0.15, 0.2) is 36.4 Å². The van der Waals surface area contributed by atoms with Crippen LogP contribution in [0.4, 0.5) is 17.1 Å². The van der Waals surface area contributed by atoms with E-state index in [-0.39, 0.29) is 29.2 Å². The van der Waals surface area contributed by atoms with Gasteiger partial charge in [0.2, 0.25) is 5.91 Å². The average Bonchev–Trinajstić information content (AvgIpc) is 2.92. The maximum atomic E-state index is 12.8. The minimum atomic E-state index is -0.360. The summed E-state index contributed by atoms with van der Waals surface area (Å²) >= 11 is 0. The predicted octanol–water partition coefficient (Wildman–Crippen LogP) is 4.01. The second-order valence-electron chi connectivity index (χ2n) is 9.59. The van der Waals surface area contributed by atoms with Gasteiger partial charge >= 0.3 is 0 Å². The Kier molecular flexibility index (Phi) is 8.70. The van der Waals surface area contributed by atoms with Gasteiger partial charge in [-0.2, -0.15) is 0 Å². The first kappa shape index (κ1) is 26.5. The van der Waals surface area contributed by atoms with Crippen molar-refractivity contribution in [2.75, 3.05) is 57.2 Å². The van der Waals surface area contributed by atoms with E-state index in [0.29, 0.717) is 36.2 Å². The molecule has 1 aliphatic carbocycles. The second kappa shape index (κ2) is 12.1. The number of hydrogen-bond acceptors (Lipinski definition) is 8. The molecule has 0 atom stereocenters. The van der Waals surface area contributed by atoms with E-state index in [1.807, 2.05) is 29.2 Å². The van der Waals surface area contributed by atoms with Crippen molar-refractivity contribution in [1.82, 2.24) is 4.90 Å². The monoisotopic (exact) mass is 512 g/mol. The van der Waals surface area contributed by atoms with Crippen LogP contribution in [-0.4, -0.2) is 74.9 Å². The number of anilines is 2. The summed E-state index contributed by atoms with van der Waals surface area (Å²) in [7, 11) is 3.25. The normalized spacial score (nSPS) is 19.9. The number of carbonyl (C=O) groups excluding carboxylic acids is 1. The van der Waals surface area contributed by atoms with Crippen LogP contribution >= 0.6 is 0 Å². The maximum Gasteiger partial charge on any atom is 0.272 e. The lowest BCUT2D eigenvalue weighted by Gasteiger charge is -2.36. The van der Waals surface area contributed by atoms with Gasteiger partial charge in [0.05, 0.1) is 25.2 Å². The number of benzene rings is 2. The molecule has 0 aromatic heterocycles. The third-order valence-corrected chi connectivity index (χ3v) is 7.25. The van der Waals surface area contributed by atoms with E-state index in [2.05, 4.69) is 10.2 Å². The molecule has 200 valence electrons. The first-order chi connectivity index (χ1) is 17.9. The first-order valence-corrected chi connectivity index (χ1v) is 12.8. The summed E-state index contributed by atoms with van der Waals surface area (Å²) in [6.07, 6.45) is 3.69. The molecule has 1 heterocycles. The minimum absolute atomic E-state index is 0.0357. The number of amides is 1. The summed E-state index contributed by atoms with van der Waals surface area (Å²) < 4.78 is 16.7. The first-order valence-electron chi connectivity index (χ1n) is 12.8. The van der Waals surface area contributed by atoms with Gasteiger partial charge in [-0.25, -0.2) is 0 Å². The fourth-order valence-electron chi connectivity index (χ4n) is 5.08. The summed E-state index contributed by atoms with van der Waals surface area (Å²) in [5.41, 5.74) is 2.73. The van der Waals surface area contributed by atoms with Crippen molar-refractivity contribution >= 4 is 23.0 Å². The lowest BCUT2D eigenvalue weighted by atomic mass is 9.92. The van der Waals surface area contributed by atoms with Gasteiger partial charge in [-0.15, -0.1) is 0 Å². The fourth-order valence-corrected chi connectivity index (χ4v) is 5.08. The van der Waals surface area contributed by atoms with Crippen LogP contribution in [0.25, 0.3) is 0 Å². The lowest BCUT2D eigenvalue weighted by molar-refractivity contribution is -0.385. The molecule has 1 aliphatic heterocycles. The third-order valence-electron chi connectivity index (χ3n) is 7.25. The zero-order valence-corrected chi connectivity index (χ0v) is 21.8. The fraction of sp³-hybridized carbons (Fsp3) is 0.519. The molecular weight excluding hydrogens is 476 g/mol. The number of nitrogens with one attached hydrogen (secondary N) is 1. The molecule has 10 nitrogen and oxygen atoms in total. The molecule has 2 aliphatic rings. The number of carbonyl (C=O) groups is 1. The van der Waals surface area contributed by atoms with Gasteiger partial charge in [-0.3, -0.25) is 14.9 Å². The highest BCUT2D eigenvalue weighted by atomic mass is 16.6. The van der Waals surface area contributed by atoms with Crippen molar-refractivity contribution in [3.05, 3.63) is 52.1 Å². The number of hydrogen-bond donors (Lipinski definition) is 1. The molecule has 1 N–H and O–H groups in total. The van der Waals surface area contributed by atoms with Crippen LogP contribution in [-0.2, 0) is 9.53 Å². The van der Waals surface area contributed by atoms with Gasteiger partial charge in [0.25, 0.3) is 5.69 Å². The molecule has 10 heteroatoms. The molecule has 1 saturated carbocycles. The summed E-state index contributed by atoms with van der Waals surface area (Å²) in [6.45, 7) is 4.67. The molecule has 0 spiro atoms. The maximum absolute atomic E-state index is 12.8. The average molecular weight is 513 g/mol. The number of nitro groups is 1. The van der Waals surface area contributed by atoms with Crippen LogP contribution in [0.2, 0.25) is 0 Å². The summed E-state index contributed by atoms with van der Waals surface area (Å²) in [4.78, 5) is 27.5. The Hall–Kier alpha value is -3.53. The minimum Gasteiger partial charge on any atom is -0.493 e. The van der Waals surface area contributed by atoms with Crippen molar-refractivity contribution in [1.29, 1.82) is 0 Å². The molecule has 0 radical (unpaired) electrons. The van der Waals surface area contributed by atoms with Gasteiger partial charge in [-0.05, 0) is 56.9 Å². The zero-order chi connectivity index (χ0) is 26.4. The summed E-state index contributed by atoms with van der Waals surface area (Å²) in [5, 5.41) is 14.5. The summed E-state index contributed by atoms with van der Waals surface area (Å²) in [6, 6.07) is 11.3. The van der Waals surface area contributed by atoms with Gasteiger partial charge in [0, 0.05) is 61.3 Å². The molecule has 1 amide bonds. The SMILES string of the molecule is COc1ccc(N2CCN(C(=O)COC3CCC(Nc4ccc([N+](=O)[O-])c(C)c4)CC3)CC2)cc1OC. The predicted molar refractivity (Wildman–Crippen MR) is 142 cm³/mol. The number of nitro benzene ring substituents is 1. The van der Waals surface area contributed by atoms with Crippen LogP contribution < -0.4 is 19.7 Å². The van der Waals surface area contributed by atoms with E-state index >= 15 is 0 Å². The molecule has 2 fully saturated rings. The Balaban J connectivity index is 1.17. The highest BCUT2D eigenvalue weighted by Gasteiger charge is 2.26. The highest BCUT2D eigenvalue weighted by Crippen LogP contribution is 2.32. The van der Waals surface area contributed by atoms with E-state index in [1.165, 1.54) is 0 Å². The number of ether oxygens (including phenoxy) is 3. The largest absolute Gasteiger partial charge is 0.493 e. The number of aryl methyl sites for hydroxylation is 1. The van der Waals surface area contributed by atoms with Gasteiger partial charge in [0.15, 0.2) is 11.5 Å². The molecule has 0 bridgehead atoms. The van der Waals surface area contributed by atoms with E-state index < -0.39 is 0 Å². The number of piperazine rings is 1. The highest BCUT2D eigenvalue weighted by molar-refractivity contribution is 5.77. The van der Waals surface area contributed by atoms with Crippen LogP contribution in [0, 0.1) is 17.0 Å². The van der Waals surface area contributed by atoms with Gasteiger partial charge in [-0.1, -0.05) is 0 Å². The van der Waals surface area contributed by atoms with E-state index in [4.69, 9.17) is 14.2 Å². The smallest absolute Gasteiger partial charge is 0.272 e. The number of nitrogens with zero attached hydrogens (tertiary/aromatic N) is 3. The number of methoxy groups -OCH3 is 2. The Labute approximate surface area is 217 Å². The zero-order valence-electron chi connectivity index (χ0n) is 21.8. The van der Waals surface area contributed by atoms with Gasteiger partial charge in [0.1, 0.15) is 6.61 Å². The topological polar surface area (TPSA) is 106 Å². The second-order valence-corrected chi connectivity index (χ2v) is 9.59. The molecular formula is C27H36N4O6. The van der Waals surface area contributed by atoms with Crippen molar-refractivity contribution in [2.45, 2.75) is 44.8 Å². The van der Waals surface area contributed by atoms with E-state index in [9.17, 15) is 14.9 Å². The lowest BCUT2D eigenvalue weighted by Crippen LogP contribution is -2.50. The van der Waals surface area contributed by atoms with Crippen molar-refractivity contribution in [3.63, 3.8) is 0 Å². The quantitative estimate of drug-likeness (QED) is 0.397. The van der Waals surface area contributed by atoms with Crippen molar-refractivity contribution < 1.29 is 23.9 Å². The van der Waals surface area contributed by atoms with Gasteiger partial charge < -0.3 is 29.3 Å². The van der Waals surface area contributed by atoms with Crippen LogP contribution in [0.1, 0.15) is 31.2 Å². The molecule has 37 heavy (non-hydrogen) atoms. The molecule has 0 unspecified atom stereocenters. The Bertz CT molecular complexity index is 1090.